The standard InChI is InChI=1S/C36H49N3O14/c1-6-7-8-9-16-48-28-23(18-40)27(30(31(37)42)51-34-29-24(52-36(2,3)53-29)17-25(49-34)33(43)46-5)50-32(28)38-15-14-26(41)39(35(38)44)20-47-19-21-10-12-22(45-4)13-11-21/h10-15,17,23-24,27-30,32,34,40H,6-9,16,18-20H2,1-5H3,(H2,37,42)/t23-,24+,27+,28-,29+,30-,32-,34-/m1/s1. The number of ether oxygens (including phenoxy) is 9. The van der Waals surface area contributed by atoms with Crippen molar-refractivity contribution in [1.29, 1.82) is 0 Å². The number of unbranched alkanes of at least 4 members (excludes halogenated alkanes) is 3. The van der Waals surface area contributed by atoms with Crippen molar-refractivity contribution in [2.24, 2.45) is 11.7 Å². The highest BCUT2D eigenvalue weighted by Crippen LogP contribution is 2.41. The molecular weight excluding hydrogens is 698 g/mol. The average Bonchev–Trinajstić information content (AvgIpc) is 3.66. The van der Waals surface area contributed by atoms with Gasteiger partial charge in [0.05, 0.1) is 27.4 Å². The van der Waals surface area contributed by atoms with Gasteiger partial charge in [0, 0.05) is 24.8 Å². The second kappa shape index (κ2) is 17.8. The SMILES string of the molecule is CCCCCCO[C@@H]1[C@H](CO)[C@@H]([C@@H](O[C@H]2OC(C(=O)OC)=C[C@@H]3OC(C)(C)O[C@H]23)C(N)=O)O[C@H]1n1ccc(=O)n(COCc2ccc(OC)cc2)c1=O. The van der Waals surface area contributed by atoms with Crippen molar-refractivity contribution in [3.05, 3.63) is 74.8 Å². The minimum atomic E-state index is -1.62. The van der Waals surface area contributed by atoms with Crippen molar-refractivity contribution < 1.29 is 57.3 Å². The Hall–Kier alpha value is -4.10. The van der Waals surface area contributed by atoms with E-state index in [2.05, 4.69) is 6.92 Å². The molecule has 2 aromatic rings. The number of hydrogen-bond donors (Lipinski definition) is 2. The summed E-state index contributed by atoms with van der Waals surface area (Å²) >= 11 is 0. The van der Waals surface area contributed by atoms with Gasteiger partial charge >= 0.3 is 11.7 Å². The number of nitrogens with two attached hydrogens (primary N) is 1. The van der Waals surface area contributed by atoms with Crippen LogP contribution in [-0.2, 0) is 60.8 Å². The van der Waals surface area contributed by atoms with Crippen LogP contribution in [0.5, 0.6) is 5.75 Å². The number of fused-ring (bicyclic) bond motifs is 1. The Labute approximate surface area is 306 Å². The number of primary amides is 1. The molecule has 17 heteroatoms. The van der Waals surface area contributed by atoms with E-state index in [-0.39, 0.29) is 25.7 Å². The summed E-state index contributed by atoms with van der Waals surface area (Å²) in [5, 5.41) is 10.8. The fourth-order valence-electron chi connectivity index (χ4n) is 6.55. The number of carbonyl (C=O) groups is 2. The van der Waals surface area contributed by atoms with E-state index in [9.17, 15) is 24.3 Å². The van der Waals surface area contributed by atoms with Crippen molar-refractivity contribution >= 4 is 11.9 Å². The molecule has 292 valence electrons. The molecule has 53 heavy (non-hydrogen) atoms. The molecule has 1 aromatic heterocycles. The quantitative estimate of drug-likeness (QED) is 0.164. The van der Waals surface area contributed by atoms with Gasteiger partial charge in [-0.15, -0.1) is 0 Å². The smallest absolute Gasteiger partial charge is 0.373 e. The minimum Gasteiger partial charge on any atom is -0.497 e. The fraction of sp³-hybridized carbons (Fsp3) is 0.611. The third-order valence-electron chi connectivity index (χ3n) is 9.20. The molecule has 1 amide bonds. The van der Waals surface area contributed by atoms with E-state index < -0.39 is 84.5 Å². The highest BCUT2D eigenvalue weighted by molar-refractivity contribution is 5.86. The summed E-state index contributed by atoms with van der Waals surface area (Å²) in [6, 6.07) is 8.30. The summed E-state index contributed by atoms with van der Waals surface area (Å²) in [7, 11) is 2.73. The van der Waals surface area contributed by atoms with Crippen LogP contribution in [0.2, 0.25) is 0 Å². The van der Waals surface area contributed by atoms with Gasteiger partial charge in [-0.1, -0.05) is 38.3 Å². The van der Waals surface area contributed by atoms with E-state index in [4.69, 9.17) is 48.4 Å². The molecule has 0 aliphatic carbocycles. The van der Waals surface area contributed by atoms with E-state index in [1.807, 2.05) is 0 Å². The van der Waals surface area contributed by atoms with Crippen LogP contribution in [0.25, 0.3) is 0 Å². The van der Waals surface area contributed by atoms with Crippen molar-refractivity contribution in [2.45, 2.75) is 109 Å². The molecule has 0 radical (unpaired) electrons. The lowest BCUT2D eigenvalue weighted by molar-refractivity contribution is -0.241. The maximum absolute atomic E-state index is 13.9. The van der Waals surface area contributed by atoms with Gasteiger partial charge in [-0.3, -0.25) is 14.2 Å². The third-order valence-corrected chi connectivity index (χ3v) is 9.20. The van der Waals surface area contributed by atoms with Crippen molar-refractivity contribution in [1.82, 2.24) is 9.13 Å². The number of rotatable bonds is 18. The van der Waals surface area contributed by atoms with Gasteiger partial charge in [0.1, 0.15) is 30.8 Å². The van der Waals surface area contributed by atoms with Gasteiger partial charge in [-0.2, -0.15) is 0 Å². The Balaban J connectivity index is 1.43. The van der Waals surface area contributed by atoms with Crippen LogP contribution in [0, 0.1) is 5.92 Å². The second-order valence-electron chi connectivity index (χ2n) is 13.4. The van der Waals surface area contributed by atoms with Crippen LogP contribution in [0.15, 0.2) is 58.0 Å². The lowest BCUT2D eigenvalue weighted by atomic mass is 9.94. The molecule has 2 saturated heterocycles. The zero-order chi connectivity index (χ0) is 38.3. The molecule has 3 aliphatic rings. The molecule has 0 spiro atoms. The van der Waals surface area contributed by atoms with E-state index in [1.54, 1.807) is 45.2 Å². The van der Waals surface area contributed by atoms with Crippen LogP contribution in [0.1, 0.15) is 58.2 Å². The Morgan fingerprint density at radius 2 is 1.81 bits per heavy atom. The molecule has 3 aliphatic heterocycles. The highest BCUT2D eigenvalue weighted by Gasteiger charge is 2.55. The summed E-state index contributed by atoms with van der Waals surface area (Å²) in [5.74, 6) is -3.44. The molecule has 0 bridgehead atoms. The largest absolute Gasteiger partial charge is 0.497 e. The van der Waals surface area contributed by atoms with Crippen LogP contribution in [0.3, 0.4) is 0 Å². The fourth-order valence-corrected chi connectivity index (χ4v) is 6.55. The topological polar surface area (TPSA) is 207 Å². The first-order valence-corrected chi connectivity index (χ1v) is 17.6. The van der Waals surface area contributed by atoms with Crippen molar-refractivity contribution in [3.8, 4) is 5.75 Å². The number of aromatic nitrogens is 2. The molecule has 1 aromatic carbocycles. The lowest BCUT2D eigenvalue weighted by Crippen LogP contribution is -2.52. The van der Waals surface area contributed by atoms with Crippen LogP contribution < -0.4 is 21.7 Å². The average molecular weight is 748 g/mol. The number of aliphatic hydroxyl groups is 1. The normalized spacial score (nSPS) is 26.7. The monoisotopic (exact) mass is 747 g/mol. The predicted molar refractivity (Wildman–Crippen MR) is 184 cm³/mol. The Kier molecular flexibility index (Phi) is 13.5. The molecular formula is C36H49N3O14. The number of benzene rings is 1. The van der Waals surface area contributed by atoms with Crippen LogP contribution >= 0.6 is 0 Å². The third kappa shape index (κ3) is 9.35. The number of carbonyl (C=O) groups excluding carboxylic acids is 2. The van der Waals surface area contributed by atoms with Crippen molar-refractivity contribution in [3.63, 3.8) is 0 Å². The first kappa shape index (κ1) is 40.1. The molecule has 17 nitrogen and oxygen atoms in total. The zero-order valence-electron chi connectivity index (χ0n) is 30.5. The summed E-state index contributed by atoms with van der Waals surface area (Å²) in [6.45, 7) is 4.81. The maximum Gasteiger partial charge on any atom is 0.373 e. The van der Waals surface area contributed by atoms with Gasteiger partial charge in [0.15, 0.2) is 24.2 Å². The van der Waals surface area contributed by atoms with E-state index in [0.717, 1.165) is 34.0 Å². The Morgan fingerprint density at radius 3 is 2.47 bits per heavy atom. The summed E-state index contributed by atoms with van der Waals surface area (Å²) in [6.07, 6.45) is -2.16. The van der Waals surface area contributed by atoms with Crippen LogP contribution in [-0.4, -0.2) is 96.1 Å². The van der Waals surface area contributed by atoms with Gasteiger partial charge in [-0.25, -0.2) is 14.2 Å². The number of esters is 1. The van der Waals surface area contributed by atoms with Crippen LogP contribution in [0.4, 0.5) is 0 Å². The van der Waals surface area contributed by atoms with Crippen molar-refractivity contribution in [2.75, 3.05) is 27.4 Å². The Morgan fingerprint density at radius 1 is 1.06 bits per heavy atom. The summed E-state index contributed by atoms with van der Waals surface area (Å²) < 4.78 is 54.3. The molecule has 2 fully saturated rings. The number of hydrogen-bond acceptors (Lipinski definition) is 14. The molecule has 8 atom stereocenters. The number of aliphatic hydroxyl groups excluding tert-OH is 1. The number of amides is 1. The highest BCUT2D eigenvalue weighted by atomic mass is 16.8. The summed E-state index contributed by atoms with van der Waals surface area (Å²) in [5.41, 5.74) is 5.29. The van der Waals surface area contributed by atoms with Gasteiger partial charge in [-0.05, 0) is 44.0 Å². The van der Waals surface area contributed by atoms with E-state index in [0.29, 0.717) is 12.2 Å². The molecule has 4 heterocycles. The van der Waals surface area contributed by atoms with Gasteiger partial charge in [0.2, 0.25) is 18.0 Å². The molecule has 0 saturated carbocycles. The number of methoxy groups -OCH3 is 2. The molecule has 5 rings (SSSR count). The summed E-state index contributed by atoms with van der Waals surface area (Å²) in [4.78, 5) is 52.5. The minimum absolute atomic E-state index is 0.102. The number of nitrogens with zero attached hydrogens (tertiary/aromatic N) is 2. The van der Waals surface area contributed by atoms with E-state index >= 15 is 0 Å². The zero-order valence-corrected chi connectivity index (χ0v) is 30.5. The van der Waals surface area contributed by atoms with E-state index in [1.165, 1.54) is 25.4 Å². The van der Waals surface area contributed by atoms with Gasteiger partial charge in [0.25, 0.3) is 5.56 Å². The Bertz CT molecular complexity index is 1710. The first-order chi connectivity index (χ1) is 25.4. The lowest BCUT2D eigenvalue weighted by Gasteiger charge is -2.34. The van der Waals surface area contributed by atoms with Gasteiger partial charge < -0.3 is 53.5 Å². The predicted octanol–water partition coefficient (Wildman–Crippen LogP) is 1.47. The molecule has 0 unspecified atom stereocenters. The second-order valence-corrected chi connectivity index (χ2v) is 13.4. The first-order valence-electron chi connectivity index (χ1n) is 17.6. The molecule has 3 N–H and O–H groups in total. The maximum atomic E-state index is 13.9.